The maximum absolute atomic E-state index is 3.46. The number of hydrogen-bond acceptors (Lipinski definition) is 2. The highest BCUT2D eigenvalue weighted by Gasteiger charge is 2.26. The summed E-state index contributed by atoms with van der Waals surface area (Å²) in [5, 5.41) is 3.46. The van der Waals surface area contributed by atoms with Crippen LogP contribution >= 0.6 is 24.8 Å². The van der Waals surface area contributed by atoms with Gasteiger partial charge < -0.3 is 5.32 Å². The Morgan fingerprint density at radius 2 is 1.45 bits per heavy atom. The van der Waals surface area contributed by atoms with E-state index in [0.29, 0.717) is 17.9 Å². The van der Waals surface area contributed by atoms with Crippen LogP contribution in [0.5, 0.6) is 0 Å². The Hall–Kier alpha value is -0.280. The maximum atomic E-state index is 3.46. The van der Waals surface area contributed by atoms with E-state index in [1.165, 1.54) is 30.6 Å². The average Bonchev–Trinajstić information content (AvgIpc) is 2.49. The molecule has 4 heteroatoms. The van der Waals surface area contributed by atoms with Crippen molar-refractivity contribution in [3.8, 4) is 0 Å². The molecule has 1 heterocycles. The molecule has 0 aliphatic carbocycles. The fraction of sp³-hybridized carbons (Fsp3) is 0.667. The van der Waals surface area contributed by atoms with Crippen LogP contribution in [0.3, 0.4) is 0 Å². The number of rotatable bonds is 5. The van der Waals surface area contributed by atoms with E-state index in [2.05, 4.69) is 62.2 Å². The van der Waals surface area contributed by atoms with Crippen molar-refractivity contribution in [1.82, 2.24) is 10.2 Å². The van der Waals surface area contributed by atoms with E-state index in [-0.39, 0.29) is 24.8 Å². The summed E-state index contributed by atoms with van der Waals surface area (Å²) in [7, 11) is 0. The van der Waals surface area contributed by atoms with Crippen molar-refractivity contribution in [1.29, 1.82) is 0 Å². The zero-order valence-electron chi connectivity index (χ0n) is 14.3. The molecule has 0 aromatic heterocycles. The molecule has 22 heavy (non-hydrogen) atoms. The van der Waals surface area contributed by atoms with Crippen LogP contribution in [0.25, 0.3) is 0 Å². The minimum Gasteiger partial charge on any atom is -0.314 e. The van der Waals surface area contributed by atoms with Crippen molar-refractivity contribution in [2.24, 2.45) is 5.92 Å². The van der Waals surface area contributed by atoms with Gasteiger partial charge in [-0.1, -0.05) is 58.4 Å². The molecule has 2 atom stereocenters. The van der Waals surface area contributed by atoms with Gasteiger partial charge in [-0.2, -0.15) is 0 Å². The van der Waals surface area contributed by atoms with Crippen molar-refractivity contribution in [3.63, 3.8) is 0 Å². The molecule has 1 aliphatic rings. The van der Waals surface area contributed by atoms with Crippen LogP contribution in [0.2, 0.25) is 0 Å². The predicted octanol–water partition coefficient (Wildman–Crippen LogP) is 4.65. The monoisotopic (exact) mass is 346 g/mol. The molecule has 0 saturated carbocycles. The zero-order valence-corrected chi connectivity index (χ0v) is 16.0. The van der Waals surface area contributed by atoms with E-state index in [1.54, 1.807) is 0 Å². The van der Waals surface area contributed by atoms with Gasteiger partial charge in [0.25, 0.3) is 0 Å². The van der Waals surface area contributed by atoms with E-state index < -0.39 is 0 Å². The molecule has 0 bridgehead atoms. The zero-order chi connectivity index (χ0) is 14.5. The molecule has 0 spiro atoms. The van der Waals surface area contributed by atoms with E-state index in [9.17, 15) is 0 Å². The molecule has 128 valence electrons. The normalized spacial score (nSPS) is 18.2. The van der Waals surface area contributed by atoms with Crippen LogP contribution in [0.15, 0.2) is 24.3 Å². The topological polar surface area (TPSA) is 15.3 Å². The third-order valence-electron chi connectivity index (χ3n) is 4.67. The second-order valence-corrected chi connectivity index (χ2v) is 6.44. The molecular weight excluding hydrogens is 315 g/mol. The smallest absolute Gasteiger partial charge is 0.0374 e. The van der Waals surface area contributed by atoms with E-state index in [1.807, 2.05) is 0 Å². The van der Waals surface area contributed by atoms with Gasteiger partial charge in [-0.15, -0.1) is 24.8 Å². The predicted molar refractivity (Wildman–Crippen MR) is 102 cm³/mol. The van der Waals surface area contributed by atoms with Crippen LogP contribution in [0.1, 0.15) is 57.2 Å². The van der Waals surface area contributed by atoms with Gasteiger partial charge in [-0.3, -0.25) is 4.90 Å². The van der Waals surface area contributed by atoms with Crippen LogP contribution in [-0.4, -0.2) is 31.1 Å². The summed E-state index contributed by atoms with van der Waals surface area (Å²) in [4.78, 5) is 2.66. The highest BCUT2D eigenvalue weighted by atomic mass is 35.5. The van der Waals surface area contributed by atoms with Gasteiger partial charge in [0.1, 0.15) is 0 Å². The number of piperazine rings is 1. The molecule has 2 rings (SSSR count). The Morgan fingerprint density at radius 1 is 0.955 bits per heavy atom. The number of nitrogens with zero attached hydrogens (tertiary/aromatic N) is 1. The summed E-state index contributed by atoms with van der Waals surface area (Å²) in [5.41, 5.74) is 2.93. The number of nitrogens with one attached hydrogen (secondary N) is 1. The molecule has 2 nitrogen and oxygen atoms in total. The molecule has 1 aromatic rings. The van der Waals surface area contributed by atoms with Crippen molar-refractivity contribution in [2.75, 3.05) is 26.2 Å². The quantitative estimate of drug-likeness (QED) is 0.834. The molecule has 1 aromatic carbocycles. The van der Waals surface area contributed by atoms with Gasteiger partial charge in [-0.25, -0.2) is 0 Å². The third kappa shape index (κ3) is 5.42. The SMILES string of the molecule is CCC(C)[C@@H](c1ccc(C(C)C)cc1)N1CCNCC1.Cl.Cl. The van der Waals surface area contributed by atoms with Gasteiger partial charge in [0, 0.05) is 32.2 Å². The Balaban J connectivity index is 0.00000220. The molecule has 1 aliphatic heterocycles. The first-order valence-corrected chi connectivity index (χ1v) is 8.18. The lowest BCUT2D eigenvalue weighted by Gasteiger charge is -2.38. The summed E-state index contributed by atoms with van der Waals surface area (Å²) in [6.07, 6.45) is 1.24. The molecular formula is C18H32Cl2N2. The third-order valence-corrected chi connectivity index (χ3v) is 4.67. The standard InChI is InChI=1S/C18H30N2.2ClH/c1-5-15(4)18(20-12-10-19-11-13-20)17-8-6-16(7-9-17)14(2)3;;/h6-9,14-15,18-19H,5,10-13H2,1-4H3;2*1H/t15?,18-;;/m0../s1. The first-order chi connectivity index (χ1) is 9.63. The van der Waals surface area contributed by atoms with Crippen molar-refractivity contribution >= 4 is 24.8 Å². The molecule has 1 N–H and O–H groups in total. The highest BCUT2D eigenvalue weighted by molar-refractivity contribution is 5.85. The highest BCUT2D eigenvalue weighted by Crippen LogP contribution is 2.31. The minimum absolute atomic E-state index is 0. The van der Waals surface area contributed by atoms with Crippen LogP contribution < -0.4 is 5.32 Å². The first-order valence-electron chi connectivity index (χ1n) is 8.18. The van der Waals surface area contributed by atoms with Crippen molar-refractivity contribution in [3.05, 3.63) is 35.4 Å². The Bertz CT molecular complexity index is 400. The fourth-order valence-corrected chi connectivity index (χ4v) is 3.16. The molecule has 0 amide bonds. The average molecular weight is 347 g/mol. The molecule has 1 fully saturated rings. The second kappa shape index (κ2) is 10.5. The lowest BCUT2D eigenvalue weighted by molar-refractivity contribution is 0.128. The van der Waals surface area contributed by atoms with Gasteiger partial charge in [0.15, 0.2) is 0 Å². The minimum atomic E-state index is 0. The van der Waals surface area contributed by atoms with Gasteiger partial charge in [-0.05, 0) is 23.0 Å². The Morgan fingerprint density at radius 3 is 1.91 bits per heavy atom. The van der Waals surface area contributed by atoms with Crippen LogP contribution in [0.4, 0.5) is 0 Å². The van der Waals surface area contributed by atoms with E-state index in [4.69, 9.17) is 0 Å². The number of benzene rings is 1. The fourth-order valence-electron chi connectivity index (χ4n) is 3.16. The Kier molecular flexibility index (Phi) is 10.4. The van der Waals surface area contributed by atoms with Crippen LogP contribution in [-0.2, 0) is 0 Å². The van der Waals surface area contributed by atoms with E-state index in [0.717, 1.165) is 13.1 Å². The Labute approximate surface area is 148 Å². The summed E-state index contributed by atoms with van der Waals surface area (Å²) in [5.74, 6) is 1.32. The van der Waals surface area contributed by atoms with Crippen molar-refractivity contribution < 1.29 is 0 Å². The van der Waals surface area contributed by atoms with Gasteiger partial charge in [0.05, 0.1) is 0 Å². The second-order valence-electron chi connectivity index (χ2n) is 6.44. The molecule has 1 unspecified atom stereocenters. The molecule has 0 radical (unpaired) electrons. The lowest BCUT2D eigenvalue weighted by atomic mass is 9.89. The lowest BCUT2D eigenvalue weighted by Crippen LogP contribution is -2.46. The number of hydrogen-bond donors (Lipinski definition) is 1. The maximum Gasteiger partial charge on any atom is 0.0374 e. The number of halogens is 2. The largest absolute Gasteiger partial charge is 0.314 e. The van der Waals surface area contributed by atoms with Crippen molar-refractivity contribution in [2.45, 2.75) is 46.1 Å². The van der Waals surface area contributed by atoms with Crippen LogP contribution in [0, 0.1) is 5.92 Å². The first kappa shape index (κ1) is 21.7. The summed E-state index contributed by atoms with van der Waals surface area (Å²) in [6, 6.07) is 9.92. The summed E-state index contributed by atoms with van der Waals surface area (Å²) < 4.78 is 0. The van der Waals surface area contributed by atoms with Gasteiger partial charge >= 0.3 is 0 Å². The van der Waals surface area contributed by atoms with E-state index >= 15 is 0 Å². The summed E-state index contributed by atoms with van der Waals surface area (Å²) >= 11 is 0. The van der Waals surface area contributed by atoms with Gasteiger partial charge in [0.2, 0.25) is 0 Å². The summed E-state index contributed by atoms with van der Waals surface area (Å²) in [6.45, 7) is 13.8. The molecule has 1 saturated heterocycles.